The highest BCUT2D eigenvalue weighted by molar-refractivity contribution is 6.01. The Morgan fingerprint density at radius 1 is 1.10 bits per heavy atom. The van der Waals surface area contributed by atoms with E-state index in [0.717, 1.165) is 49.4 Å². The van der Waals surface area contributed by atoms with Crippen LogP contribution in [0.3, 0.4) is 0 Å². The molecule has 0 spiro atoms. The van der Waals surface area contributed by atoms with E-state index in [9.17, 15) is 4.79 Å². The predicted octanol–water partition coefficient (Wildman–Crippen LogP) is 5.39. The number of hydrogen-bond acceptors (Lipinski definition) is 3. The number of methoxy groups -OCH3 is 1. The summed E-state index contributed by atoms with van der Waals surface area (Å²) in [7, 11) is 1.69. The van der Waals surface area contributed by atoms with Crippen molar-refractivity contribution in [2.75, 3.05) is 25.5 Å². The molecule has 3 aliphatic rings. The molecule has 1 amide bonds. The minimum atomic E-state index is 0.167. The maximum atomic E-state index is 13.4. The number of ether oxygens (including phenoxy) is 1. The van der Waals surface area contributed by atoms with Crippen molar-refractivity contribution >= 4 is 11.6 Å². The van der Waals surface area contributed by atoms with Crippen molar-refractivity contribution in [3.63, 3.8) is 0 Å². The Labute approximate surface area is 178 Å². The van der Waals surface area contributed by atoms with Gasteiger partial charge in [-0.3, -0.25) is 4.79 Å². The lowest BCUT2D eigenvalue weighted by Crippen LogP contribution is -2.39. The molecule has 3 atom stereocenters. The zero-order chi connectivity index (χ0) is 20.7. The lowest BCUT2D eigenvalue weighted by Gasteiger charge is -2.39. The van der Waals surface area contributed by atoms with Gasteiger partial charge in [0.2, 0.25) is 0 Å². The number of hydrogen-bond donors (Lipinski definition) is 1. The van der Waals surface area contributed by atoms with Gasteiger partial charge in [0.25, 0.3) is 5.91 Å². The van der Waals surface area contributed by atoms with Crippen LogP contribution in [-0.2, 0) is 0 Å². The van der Waals surface area contributed by atoms with Crippen molar-refractivity contribution in [3.8, 4) is 5.75 Å². The minimum Gasteiger partial charge on any atom is -0.497 e. The van der Waals surface area contributed by atoms with Gasteiger partial charge in [-0.25, -0.2) is 0 Å². The Morgan fingerprint density at radius 2 is 1.87 bits per heavy atom. The highest BCUT2D eigenvalue weighted by Crippen LogP contribution is 2.50. The van der Waals surface area contributed by atoms with E-state index in [1.54, 1.807) is 7.11 Å². The summed E-state index contributed by atoms with van der Waals surface area (Å²) in [6.45, 7) is 3.99. The first-order valence-electron chi connectivity index (χ1n) is 11.1. The summed E-state index contributed by atoms with van der Waals surface area (Å²) in [5, 5.41) is 3.79. The summed E-state index contributed by atoms with van der Waals surface area (Å²) < 4.78 is 5.34. The Balaban J connectivity index is 1.50. The van der Waals surface area contributed by atoms with Gasteiger partial charge < -0.3 is 15.0 Å². The predicted molar refractivity (Wildman–Crippen MR) is 120 cm³/mol. The number of para-hydroxylation sites is 1. The zero-order valence-electron chi connectivity index (χ0n) is 17.8. The summed E-state index contributed by atoms with van der Waals surface area (Å²) in [4.78, 5) is 15.5. The first-order valence-corrected chi connectivity index (χ1v) is 11.1. The third kappa shape index (κ3) is 3.28. The lowest BCUT2D eigenvalue weighted by molar-refractivity contribution is 0.0698. The number of likely N-dealkylation sites (tertiary alicyclic amines) is 1. The Bertz CT molecular complexity index is 957. The van der Waals surface area contributed by atoms with Gasteiger partial charge in [0.15, 0.2) is 0 Å². The van der Waals surface area contributed by atoms with Gasteiger partial charge in [-0.05, 0) is 60.4 Å². The molecule has 0 aromatic heterocycles. The van der Waals surface area contributed by atoms with E-state index in [2.05, 4.69) is 48.7 Å². The molecule has 1 N–H and O–H groups in total. The molecule has 1 saturated heterocycles. The Kier molecular flexibility index (Phi) is 5.01. The van der Waals surface area contributed by atoms with Crippen LogP contribution < -0.4 is 10.1 Å². The van der Waals surface area contributed by atoms with E-state index in [4.69, 9.17) is 4.74 Å². The van der Waals surface area contributed by atoms with E-state index in [0.29, 0.717) is 17.8 Å². The molecule has 2 aromatic carbocycles. The molecule has 30 heavy (non-hydrogen) atoms. The summed E-state index contributed by atoms with van der Waals surface area (Å²) in [5.74, 6) is 2.56. The van der Waals surface area contributed by atoms with Gasteiger partial charge in [-0.2, -0.15) is 0 Å². The van der Waals surface area contributed by atoms with Gasteiger partial charge in [-0.1, -0.05) is 43.3 Å². The lowest BCUT2D eigenvalue weighted by atomic mass is 9.76. The van der Waals surface area contributed by atoms with Crippen LogP contribution in [0.25, 0.3) is 0 Å². The van der Waals surface area contributed by atoms with Gasteiger partial charge >= 0.3 is 0 Å². The smallest absolute Gasteiger partial charge is 0.255 e. The van der Waals surface area contributed by atoms with E-state index in [1.165, 1.54) is 11.1 Å². The Morgan fingerprint density at radius 3 is 2.60 bits per heavy atom. The van der Waals surface area contributed by atoms with E-state index >= 15 is 0 Å². The third-order valence-electron chi connectivity index (χ3n) is 7.17. The third-order valence-corrected chi connectivity index (χ3v) is 7.17. The van der Waals surface area contributed by atoms with Gasteiger partial charge in [-0.15, -0.1) is 0 Å². The van der Waals surface area contributed by atoms with Crippen LogP contribution >= 0.6 is 0 Å². The van der Waals surface area contributed by atoms with Crippen molar-refractivity contribution < 1.29 is 9.53 Å². The number of piperidine rings is 1. The maximum Gasteiger partial charge on any atom is 0.255 e. The number of anilines is 1. The molecule has 2 aliphatic heterocycles. The normalized spacial score (nSPS) is 25.4. The first-order chi connectivity index (χ1) is 14.7. The fraction of sp³-hybridized carbons (Fsp3) is 0.423. The molecule has 1 fully saturated rings. The highest BCUT2D eigenvalue weighted by Gasteiger charge is 2.39. The summed E-state index contributed by atoms with van der Waals surface area (Å²) in [5.41, 5.74) is 4.35. The molecule has 1 aliphatic carbocycles. The zero-order valence-corrected chi connectivity index (χ0v) is 17.8. The van der Waals surface area contributed by atoms with E-state index < -0.39 is 0 Å². The van der Waals surface area contributed by atoms with Crippen LogP contribution in [0.4, 0.5) is 5.69 Å². The van der Waals surface area contributed by atoms with Crippen LogP contribution in [-0.4, -0.2) is 31.0 Å². The standard InChI is InChI=1S/C26H30N2O2/c1-17-13-15-28(16-14-17)26(29)23-8-4-7-22-20-5-3-6-21(20)24(27-25(22)23)18-9-11-19(30-2)12-10-18/h3-5,7-12,17,20-21,24,27H,6,13-16H2,1-2H3. The van der Waals surface area contributed by atoms with Crippen LogP contribution in [0.5, 0.6) is 5.75 Å². The number of rotatable bonds is 3. The van der Waals surface area contributed by atoms with Crippen LogP contribution in [0.2, 0.25) is 0 Å². The molecule has 4 nitrogen and oxygen atoms in total. The van der Waals surface area contributed by atoms with Gasteiger partial charge in [0, 0.05) is 19.0 Å². The number of amides is 1. The first kappa shape index (κ1) is 19.2. The highest BCUT2D eigenvalue weighted by atomic mass is 16.5. The van der Waals surface area contributed by atoms with Crippen LogP contribution in [0.15, 0.2) is 54.6 Å². The van der Waals surface area contributed by atoms with Crippen molar-refractivity contribution in [2.24, 2.45) is 11.8 Å². The fourth-order valence-corrected chi connectivity index (χ4v) is 5.32. The van der Waals surface area contributed by atoms with Gasteiger partial charge in [0.05, 0.1) is 24.4 Å². The average Bonchev–Trinajstić information content (AvgIpc) is 3.28. The van der Waals surface area contributed by atoms with Crippen molar-refractivity contribution in [3.05, 3.63) is 71.3 Å². The number of nitrogens with zero attached hydrogens (tertiary/aromatic N) is 1. The largest absolute Gasteiger partial charge is 0.497 e. The summed E-state index contributed by atoms with van der Waals surface area (Å²) >= 11 is 0. The molecule has 156 valence electrons. The van der Waals surface area contributed by atoms with Crippen molar-refractivity contribution in [1.82, 2.24) is 4.90 Å². The molecule has 5 rings (SSSR count). The number of benzene rings is 2. The minimum absolute atomic E-state index is 0.167. The number of allylic oxidation sites excluding steroid dienone is 2. The number of fused-ring (bicyclic) bond motifs is 3. The van der Waals surface area contributed by atoms with E-state index in [-0.39, 0.29) is 11.9 Å². The number of carbonyl (C=O) groups excluding carboxylic acids is 1. The molecule has 2 heterocycles. The van der Waals surface area contributed by atoms with E-state index in [1.807, 2.05) is 23.1 Å². The molecule has 4 heteroatoms. The summed E-state index contributed by atoms with van der Waals surface area (Å²) in [6, 6.07) is 14.8. The molecule has 0 bridgehead atoms. The molecule has 0 radical (unpaired) electrons. The molecular formula is C26H30N2O2. The fourth-order valence-electron chi connectivity index (χ4n) is 5.32. The molecule has 0 saturated carbocycles. The van der Waals surface area contributed by atoms with Crippen molar-refractivity contribution in [1.29, 1.82) is 0 Å². The topological polar surface area (TPSA) is 41.6 Å². The second-order valence-corrected chi connectivity index (χ2v) is 8.99. The second-order valence-electron chi connectivity index (χ2n) is 8.99. The van der Waals surface area contributed by atoms with Crippen molar-refractivity contribution in [2.45, 2.75) is 38.1 Å². The van der Waals surface area contributed by atoms with Gasteiger partial charge in [0.1, 0.15) is 5.75 Å². The Hall–Kier alpha value is -2.75. The molecular weight excluding hydrogens is 372 g/mol. The number of carbonyl (C=O) groups is 1. The maximum absolute atomic E-state index is 13.4. The number of nitrogens with one attached hydrogen (secondary N) is 1. The quantitative estimate of drug-likeness (QED) is 0.700. The molecule has 2 aromatic rings. The SMILES string of the molecule is COc1ccc(C2Nc3c(C(=O)N4CCC(C)CC4)cccc3C3C=CCC32)cc1. The van der Waals surface area contributed by atoms with Crippen LogP contribution in [0, 0.1) is 11.8 Å². The van der Waals surface area contributed by atoms with Crippen LogP contribution in [0.1, 0.15) is 59.6 Å². The molecule has 3 unspecified atom stereocenters. The summed E-state index contributed by atoms with van der Waals surface area (Å²) in [6.07, 6.45) is 7.86. The monoisotopic (exact) mass is 402 g/mol. The second kappa shape index (κ2) is 7.82. The average molecular weight is 403 g/mol.